The van der Waals surface area contributed by atoms with Crippen molar-refractivity contribution >= 4 is 40.0 Å². The van der Waals surface area contributed by atoms with Gasteiger partial charge in [-0.05, 0) is 50.8 Å². The summed E-state index contributed by atoms with van der Waals surface area (Å²) in [5, 5.41) is 5.98. The maximum Gasteiger partial charge on any atom is 0.236 e. The Bertz CT molecular complexity index is 1020. The van der Waals surface area contributed by atoms with Crippen LogP contribution in [0.3, 0.4) is 0 Å². The third-order valence-electron chi connectivity index (χ3n) is 4.63. The van der Waals surface area contributed by atoms with Gasteiger partial charge in [0, 0.05) is 28.6 Å². The number of carbonyl (C=O) groups excluding carboxylic acids is 1. The highest BCUT2D eigenvalue weighted by Crippen LogP contribution is 2.36. The van der Waals surface area contributed by atoms with Crippen molar-refractivity contribution in [3.63, 3.8) is 0 Å². The van der Waals surface area contributed by atoms with Gasteiger partial charge >= 0.3 is 0 Å². The van der Waals surface area contributed by atoms with E-state index in [2.05, 4.69) is 25.0 Å². The Balaban J connectivity index is 1.46. The summed E-state index contributed by atoms with van der Waals surface area (Å²) < 4.78 is 17.8. The summed E-state index contributed by atoms with van der Waals surface area (Å²) in [7, 11) is 0. The lowest BCUT2D eigenvalue weighted by atomic mass is 9.89. The van der Waals surface area contributed by atoms with E-state index in [9.17, 15) is 9.18 Å². The van der Waals surface area contributed by atoms with Crippen LogP contribution in [0.25, 0.3) is 11.3 Å². The van der Waals surface area contributed by atoms with Crippen LogP contribution in [0.5, 0.6) is 0 Å². The van der Waals surface area contributed by atoms with E-state index in [1.54, 1.807) is 50.5 Å². The third-order valence-corrected chi connectivity index (χ3v) is 6.63. The van der Waals surface area contributed by atoms with Gasteiger partial charge in [0.1, 0.15) is 5.82 Å². The summed E-state index contributed by atoms with van der Waals surface area (Å²) in [6.45, 7) is 3.56. The van der Waals surface area contributed by atoms with Gasteiger partial charge in [0.15, 0.2) is 5.13 Å². The molecule has 2 aromatic heterocycles. The molecule has 1 saturated carbocycles. The second-order valence-electron chi connectivity index (χ2n) is 7.32. The number of carbonyl (C=O) groups is 1. The summed E-state index contributed by atoms with van der Waals surface area (Å²) in [5.41, 5.74) is 1.02. The fourth-order valence-corrected chi connectivity index (χ4v) is 4.29. The predicted octanol–water partition coefficient (Wildman–Crippen LogP) is 4.88. The lowest BCUT2D eigenvalue weighted by Crippen LogP contribution is -2.35. The van der Waals surface area contributed by atoms with E-state index in [-0.39, 0.29) is 11.6 Å². The van der Waals surface area contributed by atoms with Crippen LogP contribution in [0.4, 0.5) is 15.2 Å². The fraction of sp³-hybridized carbons (Fsp3) is 0.300. The first-order valence-corrected chi connectivity index (χ1v) is 10.9. The van der Waals surface area contributed by atoms with Crippen LogP contribution in [-0.2, 0) is 10.2 Å². The van der Waals surface area contributed by atoms with E-state index in [1.165, 1.54) is 36.3 Å². The maximum atomic E-state index is 14.6. The van der Waals surface area contributed by atoms with Gasteiger partial charge in [0.2, 0.25) is 5.91 Å². The first-order valence-electron chi connectivity index (χ1n) is 9.18. The molecule has 4 rings (SSSR count). The van der Waals surface area contributed by atoms with Crippen molar-refractivity contribution < 1.29 is 9.18 Å². The van der Waals surface area contributed by atoms with Gasteiger partial charge in [-0.1, -0.05) is 6.07 Å². The molecule has 0 radical (unpaired) electrons. The third kappa shape index (κ3) is 4.56. The van der Waals surface area contributed by atoms with Crippen molar-refractivity contribution in [1.29, 1.82) is 0 Å². The Kier molecular flexibility index (Phi) is 5.51. The van der Waals surface area contributed by atoms with Gasteiger partial charge in [-0.15, -0.1) is 11.3 Å². The largest absolute Gasteiger partial charge is 0.323 e. The van der Waals surface area contributed by atoms with Crippen molar-refractivity contribution in [2.75, 3.05) is 10.0 Å². The molecule has 0 spiro atoms. The standard InChI is InChI=1S/C20H20FN5OS2/c1-20(2,17-11-28-19(25-17)26-29-13-4-5-13)18(27)24-15-6-3-12(9-14(15)21)16-10-22-7-8-23-16/h3,6-11,13H,4-5H2,1-2H3,(H,24,27)(H,25,26). The zero-order valence-electron chi connectivity index (χ0n) is 16.0. The molecular weight excluding hydrogens is 409 g/mol. The number of hydrogen-bond donors (Lipinski definition) is 2. The van der Waals surface area contributed by atoms with Crippen LogP contribution < -0.4 is 10.0 Å². The average molecular weight is 430 g/mol. The molecule has 9 heteroatoms. The molecular formula is C20H20FN5OS2. The minimum Gasteiger partial charge on any atom is -0.323 e. The Morgan fingerprint density at radius 1 is 1.31 bits per heavy atom. The van der Waals surface area contributed by atoms with Crippen molar-refractivity contribution in [2.24, 2.45) is 0 Å². The van der Waals surface area contributed by atoms with Crippen LogP contribution in [0.1, 0.15) is 32.4 Å². The molecule has 150 valence electrons. The monoisotopic (exact) mass is 429 g/mol. The average Bonchev–Trinajstić information content (AvgIpc) is 3.43. The zero-order chi connectivity index (χ0) is 20.4. The van der Waals surface area contributed by atoms with Gasteiger partial charge in [-0.25, -0.2) is 9.37 Å². The molecule has 3 aromatic rings. The van der Waals surface area contributed by atoms with Crippen LogP contribution in [0.2, 0.25) is 0 Å². The highest BCUT2D eigenvalue weighted by molar-refractivity contribution is 8.01. The van der Waals surface area contributed by atoms with Crippen molar-refractivity contribution in [3.8, 4) is 11.3 Å². The maximum absolute atomic E-state index is 14.6. The van der Waals surface area contributed by atoms with Crippen molar-refractivity contribution in [2.45, 2.75) is 37.4 Å². The van der Waals surface area contributed by atoms with E-state index in [0.717, 1.165) is 5.13 Å². The van der Waals surface area contributed by atoms with Gasteiger partial charge in [-0.2, -0.15) is 0 Å². The lowest BCUT2D eigenvalue weighted by Gasteiger charge is -2.22. The molecule has 1 aromatic carbocycles. The number of amides is 1. The molecule has 2 N–H and O–H groups in total. The smallest absolute Gasteiger partial charge is 0.236 e. The van der Waals surface area contributed by atoms with Crippen molar-refractivity contribution in [1.82, 2.24) is 15.0 Å². The number of aromatic nitrogens is 3. The Labute approximate surface area is 176 Å². The summed E-state index contributed by atoms with van der Waals surface area (Å²) >= 11 is 3.13. The van der Waals surface area contributed by atoms with E-state index in [1.807, 2.05) is 5.38 Å². The molecule has 29 heavy (non-hydrogen) atoms. The fourth-order valence-electron chi connectivity index (χ4n) is 2.55. The topological polar surface area (TPSA) is 79.8 Å². The minimum absolute atomic E-state index is 0.119. The molecule has 1 aliphatic rings. The van der Waals surface area contributed by atoms with Gasteiger partial charge in [0.25, 0.3) is 0 Å². The predicted molar refractivity (Wildman–Crippen MR) is 115 cm³/mol. The molecule has 0 saturated heterocycles. The number of hydrogen-bond acceptors (Lipinski definition) is 7. The summed E-state index contributed by atoms with van der Waals surface area (Å²) in [5.74, 6) is -0.853. The van der Waals surface area contributed by atoms with Gasteiger partial charge in [0.05, 0.1) is 28.7 Å². The molecule has 6 nitrogen and oxygen atoms in total. The van der Waals surface area contributed by atoms with E-state index in [0.29, 0.717) is 22.2 Å². The minimum atomic E-state index is -0.906. The first kappa shape index (κ1) is 19.8. The highest BCUT2D eigenvalue weighted by atomic mass is 32.2. The molecule has 0 bridgehead atoms. The quantitative estimate of drug-likeness (QED) is 0.521. The van der Waals surface area contributed by atoms with E-state index < -0.39 is 11.2 Å². The molecule has 0 atom stereocenters. The van der Waals surface area contributed by atoms with Crippen LogP contribution in [0.15, 0.2) is 42.2 Å². The summed E-state index contributed by atoms with van der Waals surface area (Å²) in [6.07, 6.45) is 7.12. The highest BCUT2D eigenvalue weighted by Gasteiger charge is 2.33. The number of halogens is 1. The first-order chi connectivity index (χ1) is 13.9. The molecule has 0 aliphatic heterocycles. The van der Waals surface area contributed by atoms with Gasteiger partial charge < -0.3 is 10.0 Å². The second-order valence-corrected chi connectivity index (χ2v) is 9.29. The SMILES string of the molecule is CC(C)(C(=O)Nc1ccc(-c2cnccn2)cc1F)c1csc(NSC2CC2)n1. The number of rotatable bonds is 7. The van der Waals surface area contributed by atoms with Gasteiger partial charge in [-0.3, -0.25) is 14.8 Å². The molecule has 2 heterocycles. The number of anilines is 2. The molecule has 1 fully saturated rings. The number of nitrogens with one attached hydrogen (secondary N) is 2. The Morgan fingerprint density at radius 3 is 2.83 bits per heavy atom. The normalized spacial score (nSPS) is 13.9. The number of benzene rings is 1. The lowest BCUT2D eigenvalue weighted by molar-refractivity contribution is -0.120. The molecule has 0 unspecified atom stereocenters. The number of nitrogens with zero attached hydrogens (tertiary/aromatic N) is 3. The number of thiazole rings is 1. The van der Waals surface area contributed by atoms with Crippen LogP contribution in [-0.4, -0.2) is 26.1 Å². The van der Waals surface area contributed by atoms with Crippen LogP contribution in [0, 0.1) is 5.82 Å². The van der Waals surface area contributed by atoms with Crippen molar-refractivity contribution in [3.05, 3.63) is 53.7 Å². The Hall–Kier alpha value is -2.52. The summed E-state index contributed by atoms with van der Waals surface area (Å²) in [4.78, 5) is 25.6. The molecule has 1 amide bonds. The molecule has 1 aliphatic carbocycles. The zero-order valence-corrected chi connectivity index (χ0v) is 17.6. The van der Waals surface area contributed by atoms with E-state index >= 15 is 0 Å². The summed E-state index contributed by atoms with van der Waals surface area (Å²) in [6, 6.07) is 4.58. The van der Waals surface area contributed by atoms with E-state index in [4.69, 9.17) is 0 Å². The Morgan fingerprint density at radius 2 is 2.14 bits per heavy atom. The second kappa shape index (κ2) is 8.08. The van der Waals surface area contributed by atoms with Crippen LogP contribution >= 0.6 is 23.3 Å².